The molecule has 126 valence electrons. The summed E-state index contributed by atoms with van der Waals surface area (Å²) in [4.78, 5) is 18.6. The predicted molar refractivity (Wildman–Crippen MR) is 94.3 cm³/mol. The van der Waals surface area contributed by atoms with E-state index in [1.807, 2.05) is 48.5 Å². The van der Waals surface area contributed by atoms with E-state index < -0.39 is 0 Å². The van der Waals surface area contributed by atoms with Crippen LogP contribution in [0.4, 0.5) is 5.69 Å². The number of aromatic nitrogens is 2. The van der Waals surface area contributed by atoms with Gasteiger partial charge in [0.05, 0.1) is 0 Å². The van der Waals surface area contributed by atoms with Crippen LogP contribution in [-0.2, 0) is 17.6 Å². The highest BCUT2D eigenvalue weighted by Crippen LogP contribution is 2.30. The quantitative estimate of drug-likeness (QED) is 0.718. The molecule has 2 heterocycles. The molecular weight excluding hydrogens is 314 g/mol. The Labute approximate surface area is 146 Å². The maximum absolute atomic E-state index is 12.3. The molecule has 0 N–H and O–H groups in total. The number of rotatable bonds is 5. The molecule has 1 saturated heterocycles. The van der Waals surface area contributed by atoms with Crippen molar-refractivity contribution in [2.75, 3.05) is 11.4 Å². The summed E-state index contributed by atoms with van der Waals surface area (Å²) in [5, 5.41) is 4.11. The molecule has 1 fully saturated rings. The normalized spacial score (nSPS) is 17.2. The van der Waals surface area contributed by atoms with Crippen molar-refractivity contribution in [3.05, 3.63) is 77.9 Å². The first-order valence-electron chi connectivity index (χ1n) is 8.51. The van der Waals surface area contributed by atoms with Gasteiger partial charge in [-0.25, -0.2) is 0 Å². The van der Waals surface area contributed by atoms with E-state index in [0.717, 1.165) is 12.1 Å². The van der Waals surface area contributed by atoms with Gasteiger partial charge >= 0.3 is 0 Å². The Morgan fingerprint density at radius 3 is 2.48 bits per heavy atom. The Balaban J connectivity index is 1.41. The van der Waals surface area contributed by atoms with Crippen molar-refractivity contribution >= 4 is 11.6 Å². The average Bonchev–Trinajstić information content (AvgIpc) is 3.28. The summed E-state index contributed by atoms with van der Waals surface area (Å²) in [5.41, 5.74) is 2.16. The van der Waals surface area contributed by atoms with Gasteiger partial charge in [-0.15, -0.1) is 0 Å². The third-order valence-electron chi connectivity index (χ3n) is 4.51. The van der Waals surface area contributed by atoms with Gasteiger partial charge in [-0.1, -0.05) is 53.7 Å². The molecule has 1 amide bonds. The first-order chi connectivity index (χ1) is 12.3. The number of benzene rings is 2. The molecule has 0 bridgehead atoms. The Bertz CT molecular complexity index is 846. The van der Waals surface area contributed by atoms with Crippen LogP contribution >= 0.6 is 0 Å². The maximum atomic E-state index is 12.3. The number of carbonyl (C=O) groups is 1. The number of anilines is 1. The zero-order chi connectivity index (χ0) is 17.1. The van der Waals surface area contributed by atoms with Crippen LogP contribution in [0.25, 0.3) is 0 Å². The van der Waals surface area contributed by atoms with Crippen molar-refractivity contribution in [1.29, 1.82) is 0 Å². The Morgan fingerprint density at radius 2 is 1.72 bits per heavy atom. The van der Waals surface area contributed by atoms with Crippen LogP contribution in [0.3, 0.4) is 0 Å². The summed E-state index contributed by atoms with van der Waals surface area (Å²) >= 11 is 0. The lowest BCUT2D eigenvalue weighted by molar-refractivity contribution is -0.117. The number of amides is 1. The van der Waals surface area contributed by atoms with E-state index in [1.54, 1.807) is 4.90 Å². The van der Waals surface area contributed by atoms with Crippen molar-refractivity contribution < 1.29 is 9.32 Å². The summed E-state index contributed by atoms with van der Waals surface area (Å²) in [6.07, 6.45) is 1.99. The summed E-state index contributed by atoms with van der Waals surface area (Å²) in [7, 11) is 0. The highest BCUT2D eigenvalue weighted by molar-refractivity contribution is 5.96. The molecule has 2 aromatic carbocycles. The first kappa shape index (κ1) is 15.6. The van der Waals surface area contributed by atoms with E-state index in [-0.39, 0.29) is 11.8 Å². The third-order valence-corrected chi connectivity index (χ3v) is 4.51. The van der Waals surface area contributed by atoms with Crippen LogP contribution < -0.4 is 4.90 Å². The molecule has 1 aliphatic heterocycles. The maximum Gasteiger partial charge on any atom is 0.227 e. The second kappa shape index (κ2) is 6.89. The average molecular weight is 333 g/mol. The molecule has 5 nitrogen and oxygen atoms in total. The highest BCUT2D eigenvalue weighted by atomic mass is 16.5. The van der Waals surface area contributed by atoms with Crippen molar-refractivity contribution in [1.82, 2.24) is 10.1 Å². The van der Waals surface area contributed by atoms with Crippen LogP contribution in [0.1, 0.15) is 29.6 Å². The molecule has 25 heavy (non-hydrogen) atoms. The van der Waals surface area contributed by atoms with E-state index in [9.17, 15) is 4.79 Å². The molecule has 3 aromatic rings. The lowest BCUT2D eigenvalue weighted by Gasteiger charge is -2.15. The fourth-order valence-corrected chi connectivity index (χ4v) is 3.17. The number of hydrogen-bond acceptors (Lipinski definition) is 4. The molecular formula is C20H19N3O2. The highest BCUT2D eigenvalue weighted by Gasteiger charge is 2.34. The minimum absolute atomic E-state index is 0.0121. The number of hydrogen-bond donors (Lipinski definition) is 0. The molecule has 0 radical (unpaired) electrons. The third kappa shape index (κ3) is 3.45. The van der Waals surface area contributed by atoms with Crippen LogP contribution in [-0.4, -0.2) is 22.6 Å². The van der Waals surface area contributed by atoms with Gasteiger partial charge in [0.2, 0.25) is 11.8 Å². The van der Waals surface area contributed by atoms with Gasteiger partial charge < -0.3 is 9.42 Å². The van der Waals surface area contributed by atoms with Crippen LogP contribution in [0.5, 0.6) is 0 Å². The minimum Gasteiger partial charge on any atom is -0.339 e. The molecule has 0 aliphatic carbocycles. The van der Waals surface area contributed by atoms with Crippen LogP contribution in [0.2, 0.25) is 0 Å². The van der Waals surface area contributed by atoms with E-state index in [4.69, 9.17) is 4.52 Å². The van der Waals surface area contributed by atoms with E-state index in [1.165, 1.54) is 5.56 Å². The molecule has 0 saturated carbocycles. The predicted octanol–water partition coefficient (Wildman–Crippen LogP) is 3.38. The van der Waals surface area contributed by atoms with Crippen molar-refractivity contribution in [3.8, 4) is 0 Å². The number of carbonyl (C=O) groups excluding carboxylic acids is 1. The molecule has 4 rings (SSSR count). The second-order valence-corrected chi connectivity index (χ2v) is 6.27. The standard InChI is InChI=1S/C20H19N3O2/c24-19-13-16(14-23(19)17-9-5-2-6-10-17)20-21-18(25-22-20)12-11-15-7-3-1-4-8-15/h1-10,16H,11-14H2. The van der Waals surface area contributed by atoms with Gasteiger partial charge in [-0.2, -0.15) is 4.98 Å². The molecule has 1 unspecified atom stereocenters. The van der Waals surface area contributed by atoms with Gasteiger partial charge in [0.15, 0.2) is 5.82 Å². The van der Waals surface area contributed by atoms with E-state index >= 15 is 0 Å². The summed E-state index contributed by atoms with van der Waals surface area (Å²) in [6, 6.07) is 19.9. The Morgan fingerprint density at radius 1 is 1.00 bits per heavy atom. The molecule has 0 spiro atoms. The van der Waals surface area contributed by atoms with Gasteiger partial charge in [0, 0.05) is 31.0 Å². The second-order valence-electron chi connectivity index (χ2n) is 6.27. The number of para-hydroxylation sites is 1. The topological polar surface area (TPSA) is 59.2 Å². The Hall–Kier alpha value is -2.95. The van der Waals surface area contributed by atoms with Crippen LogP contribution in [0, 0.1) is 0 Å². The van der Waals surface area contributed by atoms with Gasteiger partial charge in [0.25, 0.3) is 0 Å². The van der Waals surface area contributed by atoms with Crippen molar-refractivity contribution in [2.45, 2.75) is 25.2 Å². The number of aryl methyl sites for hydroxylation is 2. The first-order valence-corrected chi connectivity index (χ1v) is 8.51. The van der Waals surface area contributed by atoms with Gasteiger partial charge in [0.1, 0.15) is 0 Å². The molecule has 1 atom stereocenters. The zero-order valence-electron chi connectivity index (χ0n) is 13.8. The van der Waals surface area contributed by atoms with Gasteiger partial charge in [-0.3, -0.25) is 4.79 Å². The van der Waals surface area contributed by atoms with Crippen molar-refractivity contribution in [3.63, 3.8) is 0 Å². The minimum atomic E-state index is -0.0121. The monoisotopic (exact) mass is 333 g/mol. The fourth-order valence-electron chi connectivity index (χ4n) is 3.17. The zero-order valence-corrected chi connectivity index (χ0v) is 13.8. The summed E-state index contributed by atoms with van der Waals surface area (Å²) in [6.45, 7) is 0.598. The molecule has 1 aliphatic rings. The lowest BCUT2D eigenvalue weighted by Crippen LogP contribution is -2.24. The fraction of sp³-hybridized carbons (Fsp3) is 0.250. The van der Waals surface area contributed by atoms with E-state index in [0.29, 0.717) is 31.1 Å². The smallest absolute Gasteiger partial charge is 0.227 e. The Kier molecular flexibility index (Phi) is 4.29. The summed E-state index contributed by atoms with van der Waals surface area (Å²) < 4.78 is 5.38. The molecule has 1 aromatic heterocycles. The van der Waals surface area contributed by atoms with Crippen molar-refractivity contribution in [2.24, 2.45) is 0 Å². The van der Waals surface area contributed by atoms with Gasteiger partial charge in [-0.05, 0) is 24.1 Å². The van der Waals surface area contributed by atoms with E-state index in [2.05, 4.69) is 22.3 Å². The largest absolute Gasteiger partial charge is 0.339 e. The summed E-state index contributed by atoms with van der Waals surface area (Å²) in [5.74, 6) is 1.35. The SMILES string of the molecule is O=C1CC(c2noc(CCc3ccccc3)n2)CN1c1ccccc1. The van der Waals surface area contributed by atoms with Crippen LogP contribution in [0.15, 0.2) is 65.2 Å². The number of nitrogens with zero attached hydrogens (tertiary/aromatic N) is 3. The lowest BCUT2D eigenvalue weighted by atomic mass is 10.1. The molecule has 5 heteroatoms.